The Morgan fingerprint density at radius 3 is 2.73 bits per heavy atom. The molecule has 1 heterocycles. The van der Waals surface area contributed by atoms with E-state index in [9.17, 15) is 4.79 Å². The average Bonchev–Trinajstić information content (AvgIpc) is 2.30. The van der Waals surface area contributed by atoms with Crippen LogP contribution in [0.25, 0.3) is 0 Å². The van der Waals surface area contributed by atoms with Gasteiger partial charge in [0.2, 0.25) is 0 Å². The van der Waals surface area contributed by atoms with Crippen LogP contribution in [-0.4, -0.2) is 18.2 Å². The van der Waals surface area contributed by atoms with E-state index < -0.39 is 5.41 Å². The molecule has 2 N–H and O–H groups in total. The number of nitrogens with zero attached hydrogens (tertiary/aromatic N) is 1. The summed E-state index contributed by atoms with van der Waals surface area (Å²) in [6.07, 6.45) is 0.730. The van der Waals surface area contributed by atoms with Crippen LogP contribution in [-0.2, 0) is 4.79 Å². The molecule has 4 heteroatoms. The molecule has 0 aromatic rings. The Kier molecular flexibility index (Phi) is 1.95. The van der Waals surface area contributed by atoms with Crippen molar-refractivity contribution >= 4 is 11.6 Å². The molecule has 61 valence electrons. The summed E-state index contributed by atoms with van der Waals surface area (Å²) in [6, 6.07) is 0. The molecule has 1 aliphatic rings. The second-order valence-electron chi connectivity index (χ2n) is 2.86. The largest absolute Gasteiger partial charge is 0.272 e. The van der Waals surface area contributed by atoms with Crippen LogP contribution in [0, 0.1) is 5.41 Å². The predicted octanol–water partition coefficient (Wildman–Crippen LogP) is 0.171. The van der Waals surface area contributed by atoms with Crippen LogP contribution in [0.15, 0.2) is 5.10 Å². The van der Waals surface area contributed by atoms with Gasteiger partial charge in [-0.15, -0.1) is 0 Å². The fourth-order valence-corrected chi connectivity index (χ4v) is 1.15. The Balaban J connectivity index is 2.90. The summed E-state index contributed by atoms with van der Waals surface area (Å²) in [5, 5.41) is 3.86. The van der Waals surface area contributed by atoms with Crippen LogP contribution >= 0.6 is 0 Å². The SMILES string of the molecule is CCC1=NNC(=O)C1(C)C[NH]. The number of carbonyl (C=O) groups excluding carboxylic acids is 1. The molecule has 0 bridgehead atoms. The van der Waals surface area contributed by atoms with Gasteiger partial charge in [-0.25, -0.2) is 5.43 Å². The Hall–Kier alpha value is -0.900. The van der Waals surface area contributed by atoms with Gasteiger partial charge in [0, 0.05) is 6.54 Å². The van der Waals surface area contributed by atoms with E-state index >= 15 is 0 Å². The first-order valence-electron chi connectivity index (χ1n) is 3.67. The molecule has 1 unspecified atom stereocenters. The predicted molar refractivity (Wildman–Crippen MR) is 41.9 cm³/mol. The lowest BCUT2D eigenvalue weighted by atomic mass is 9.84. The van der Waals surface area contributed by atoms with E-state index in [-0.39, 0.29) is 12.5 Å². The maximum Gasteiger partial charge on any atom is 0.253 e. The van der Waals surface area contributed by atoms with Gasteiger partial charge >= 0.3 is 0 Å². The van der Waals surface area contributed by atoms with Crippen molar-refractivity contribution in [2.45, 2.75) is 20.3 Å². The van der Waals surface area contributed by atoms with Gasteiger partial charge in [-0.2, -0.15) is 5.10 Å². The van der Waals surface area contributed by atoms with Gasteiger partial charge in [0.25, 0.3) is 5.91 Å². The Bertz CT molecular complexity index is 212. The quantitative estimate of drug-likeness (QED) is 0.605. The smallest absolute Gasteiger partial charge is 0.253 e. The maximum atomic E-state index is 11.2. The van der Waals surface area contributed by atoms with Gasteiger partial charge in [-0.05, 0) is 13.3 Å². The van der Waals surface area contributed by atoms with Crippen molar-refractivity contribution in [3.05, 3.63) is 0 Å². The fourth-order valence-electron chi connectivity index (χ4n) is 1.15. The summed E-state index contributed by atoms with van der Waals surface area (Å²) in [5.41, 5.74) is 9.73. The number of hydrogen-bond donors (Lipinski definition) is 1. The number of hydrazone groups is 1. The first-order valence-corrected chi connectivity index (χ1v) is 3.67. The number of amides is 1. The molecule has 0 saturated heterocycles. The Morgan fingerprint density at radius 2 is 2.36 bits per heavy atom. The molecule has 0 saturated carbocycles. The summed E-state index contributed by atoms with van der Waals surface area (Å²) in [5.74, 6) is -0.149. The number of nitrogens with one attached hydrogen (secondary N) is 2. The third kappa shape index (κ3) is 1.03. The zero-order chi connectivity index (χ0) is 8.48. The molecule has 1 amide bonds. The van der Waals surface area contributed by atoms with Crippen LogP contribution in [0.2, 0.25) is 0 Å². The topological polar surface area (TPSA) is 65.3 Å². The van der Waals surface area contributed by atoms with E-state index in [4.69, 9.17) is 5.73 Å². The number of carbonyl (C=O) groups is 1. The molecule has 0 aromatic heterocycles. The van der Waals surface area contributed by atoms with E-state index in [0.29, 0.717) is 0 Å². The monoisotopic (exact) mass is 154 g/mol. The third-order valence-corrected chi connectivity index (χ3v) is 2.12. The van der Waals surface area contributed by atoms with Gasteiger partial charge in [0.15, 0.2) is 0 Å². The molecular weight excluding hydrogens is 142 g/mol. The Morgan fingerprint density at radius 1 is 1.73 bits per heavy atom. The zero-order valence-electron chi connectivity index (χ0n) is 6.77. The molecule has 1 atom stereocenters. The molecule has 4 nitrogen and oxygen atoms in total. The zero-order valence-corrected chi connectivity index (χ0v) is 6.77. The average molecular weight is 154 g/mol. The summed E-state index contributed by atoms with van der Waals surface area (Å²) in [6.45, 7) is 3.77. The summed E-state index contributed by atoms with van der Waals surface area (Å²) < 4.78 is 0. The highest BCUT2D eigenvalue weighted by atomic mass is 16.2. The van der Waals surface area contributed by atoms with Crippen LogP contribution in [0.4, 0.5) is 0 Å². The van der Waals surface area contributed by atoms with Gasteiger partial charge in [-0.1, -0.05) is 6.92 Å². The van der Waals surface area contributed by atoms with Crippen molar-refractivity contribution in [3.8, 4) is 0 Å². The highest BCUT2D eigenvalue weighted by molar-refractivity contribution is 6.12. The van der Waals surface area contributed by atoms with E-state index in [0.717, 1.165) is 12.1 Å². The van der Waals surface area contributed by atoms with Gasteiger partial charge in [0.05, 0.1) is 5.71 Å². The van der Waals surface area contributed by atoms with Crippen LogP contribution in [0.5, 0.6) is 0 Å². The summed E-state index contributed by atoms with van der Waals surface area (Å²) in [7, 11) is 0. The first kappa shape index (κ1) is 8.20. The van der Waals surface area contributed by atoms with E-state index in [2.05, 4.69) is 10.5 Å². The van der Waals surface area contributed by atoms with Crippen LogP contribution in [0.3, 0.4) is 0 Å². The highest BCUT2D eigenvalue weighted by Gasteiger charge is 2.40. The van der Waals surface area contributed by atoms with Crippen molar-refractivity contribution in [3.63, 3.8) is 0 Å². The standard InChI is InChI=1S/C7H12N3O/c1-3-5-7(2,4-8)6(11)10-9-5/h8H,3-4H2,1-2H3,(H,10,11). The first-order chi connectivity index (χ1) is 5.15. The fraction of sp³-hybridized carbons (Fsp3) is 0.714. The van der Waals surface area contributed by atoms with Crippen LogP contribution in [0.1, 0.15) is 20.3 Å². The molecule has 1 aliphatic heterocycles. The Labute approximate surface area is 65.8 Å². The van der Waals surface area contributed by atoms with Gasteiger partial charge < -0.3 is 0 Å². The second kappa shape index (κ2) is 2.62. The van der Waals surface area contributed by atoms with E-state index in [1.165, 1.54) is 0 Å². The highest BCUT2D eigenvalue weighted by Crippen LogP contribution is 2.23. The number of hydrogen-bond acceptors (Lipinski definition) is 2. The van der Waals surface area contributed by atoms with Crippen molar-refractivity contribution in [1.29, 1.82) is 0 Å². The van der Waals surface area contributed by atoms with E-state index in [1.54, 1.807) is 6.92 Å². The summed E-state index contributed by atoms with van der Waals surface area (Å²) >= 11 is 0. The van der Waals surface area contributed by atoms with Crippen molar-refractivity contribution in [1.82, 2.24) is 11.2 Å². The molecule has 1 rings (SSSR count). The van der Waals surface area contributed by atoms with Crippen molar-refractivity contribution in [2.24, 2.45) is 10.5 Å². The molecule has 0 fully saturated rings. The molecule has 1 radical (unpaired) electrons. The molecule has 0 spiro atoms. The van der Waals surface area contributed by atoms with Crippen molar-refractivity contribution < 1.29 is 4.79 Å². The van der Waals surface area contributed by atoms with Gasteiger partial charge in [0.1, 0.15) is 5.41 Å². The minimum Gasteiger partial charge on any atom is -0.272 e. The number of rotatable bonds is 2. The lowest BCUT2D eigenvalue weighted by Crippen LogP contribution is -2.38. The van der Waals surface area contributed by atoms with Gasteiger partial charge in [-0.3, -0.25) is 10.5 Å². The third-order valence-electron chi connectivity index (χ3n) is 2.12. The van der Waals surface area contributed by atoms with E-state index in [1.807, 2.05) is 6.92 Å². The summed E-state index contributed by atoms with van der Waals surface area (Å²) in [4.78, 5) is 11.2. The van der Waals surface area contributed by atoms with Crippen LogP contribution < -0.4 is 11.2 Å². The lowest BCUT2D eigenvalue weighted by Gasteiger charge is -2.18. The molecule has 0 aliphatic carbocycles. The lowest BCUT2D eigenvalue weighted by molar-refractivity contribution is -0.125. The minimum atomic E-state index is -0.672. The minimum absolute atomic E-state index is 0.0749. The van der Waals surface area contributed by atoms with Crippen molar-refractivity contribution in [2.75, 3.05) is 6.54 Å². The second-order valence-corrected chi connectivity index (χ2v) is 2.86. The normalized spacial score (nSPS) is 30.1. The maximum absolute atomic E-state index is 11.2. The molecule has 11 heavy (non-hydrogen) atoms. The molecular formula is C7H12N3O. The molecule has 0 aromatic carbocycles.